The first kappa shape index (κ1) is 20.0. The molecule has 0 spiro atoms. The third-order valence-corrected chi connectivity index (χ3v) is 4.00. The fourth-order valence-corrected chi connectivity index (χ4v) is 2.67. The number of methoxy groups -OCH3 is 2. The van der Waals surface area contributed by atoms with Crippen molar-refractivity contribution in [1.29, 1.82) is 0 Å². The molecule has 9 heteroatoms. The van der Waals surface area contributed by atoms with Crippen molar-refractivity contribution in [3.8, 4) is 23.0 Å². The van der Waals surface area contributed by atoms with Crippen molar-refractivity contribution < 1.29 is 38.1 Å². The summed E-state index contributed by atoms with van der Waals surface area (Å²) in [4.78, 5) is 36.5. The smallest absolute Gasteiger partial charge is 0.338 e. The van der Waals surface area contributed by atoms with Gasteiger partial charge in [0.25, 0.3) is 11.8 Å². The number of nitrogens with one attached hydrogen (secondary N) is 1. The van der Waals surface area contributed by atoms with Crippen LogP contribution in [0.3, 0.4) is 0 Å². The van der Waals surface area contributed by atoms with Gasteiger partial charge >= 0.3 is 5.97 Å². The highest BCUT2D eigenvalue weighted by atomic mass is 16.6. The molecule has 2 amide bonds. The van der Waals surface area contributed by atoms with Crippen LogP contribution in [0.5, 0.6) is 23.0 Å². The Labute approximate surface area is 166 Å². The number of carbonyl (C=O) groups is 3. The Morgan fingerprint density at radius 3 is 2.48 bits per heavy atom. The van der Waals surface area contributed by atoms with Crippen LogP contribution in [0.4, 0.5) is 0 Å². The van der Waals surface area contributed by atoms with Crippen LogP contribution in [0.1, 0.15) is 20.7 Å². The lowest BCUT2D eigenvalue weighted by molar-refractivity contribution is -0.123. The van der Waals surface area contributed by atoms with Crippen LogP contribution in [0.15, 0.2) is 36.4 Å². The number of hydrogen-bond donors (Lipinski definition) is 1. The van der Waals surface area contributed by atoms with E-state index in [9.17, 15) is 14.4 Å². The normalized spacial score (nSPS) is 11.9. The Hall–Kier alpha value is -3.75. The lowest BCUT2D eigenvalue weighted by Gasteiger charge is -2.21. The second-order valence-corrected chi connectivity index (χ2v) is 5.86. The molecule has 0 aliphatic carbocycles. The first-order chi connectivity index (χ1) is 14.0. The highest BCUT2D eigenvalue weighted by molar-refractivity contribution is 6.07. The fraction of sp³-hybridized carbons (Fsp3) is 0.250. The molecule has 152 valence electrons. The van der Waals surface area contributed by atoms with E-state index < -0.39 is 24.4 Å². The van der Waals surface area contributed by atoms with Crippen molar-refractivity contribution in [3.05, 3.63) is 47.5 Å². The van der Waals surface area contributed by atoms with Crippen LogP contribution >= 0.6 is 0 Å². The van der Waals surface area contributed by atoms with Crippen molar-refractivity contribution in [1.82, 2.24) is 5.32 Å². The van der Waals surface area contributed by atoms with Gasteiger partial charge in [-0.3, -0.25) is 14.9 Å². The quantitative estimate of drug-likeness (QED) is 0.727. The Bertz CT molecular complexity index is 923. The highest BCUT2D eigenvalue weighted by Gasteiger charge is 2.22. The predicted molar refractivity (Wildman–Crippen MR) is 99.7 cm³/mol. The molecular formula is C20H19NO8. The summed E-state index contributed by atoms with van der Waals surface area (Å²) in [7, 11) is 2.84. The van der Waals surface area contributed by atoms with Gasteiger partial charge < -0.3 is 23.7 Å². The lowest BCUT2D eigenvalue weighted by Crippen LogP contribution is -2.34. The summed E-state index contributed by atoms with van der Waals surface area (Å²) in [6.45, 7) is 0.0617. The van der Waals surface area contributed by atoms with Crippen LogP contribution in [-0.2, 0) is 9.53 Å². The molecule has 2 aromatic carbocycles. The van der Waals surface area contributed by atoms with Gasteiger partial charge in [0.1, 0.15) is 19.0 Å². The molecule has 0 atom stereocenters. The molecule has 0 fully saturated rings. The van der Waals surface area contributed by atoms with Crippen LogP contribution in [0, 0.1) is 0 Å². The Kier molecular flexibility index (Phi) is 6.18. The van der Waals surface area contributed by atoms with Gasteiger partial charge in [0.15, 0.2) is 18.1 Å². The number of esters is 1. The van der Waals surface area contributed by atoms with Crippen LogP contribution in [0.25, 0.3) is 0 Å². The SMILES string of the molecule is COc1ccccc1C(=O)NC(=O)COC(=O)c1cc(OC)c2c(c1)OCCO2. The molecule has 1 aliphatic heterocycles. The number of benzene rings is 2. The van der Waals surface area contributed by atoms with Crippen molar-refractivity contribution in [3.63, 3.8) is 0 Å². The van der Waals surface area contributed by atoms with Gasteiger partial charge in [-0.1, -0.05) is 12.1 Å². The number of para-hydroxylation sites is 1. The van der Waals surface area contributed by atoms with E-state index in [0.717, 1.165) is 0 Å². The van der Waals surface area contributed by atoms with Gasteiger partial charge in [-0.15, -0.1) is 0 Å². The van der Waals surface area contributed by atoms with Gasteiger partial charge in [-0.25, -0.2) is 4.79 Å². The molecule has 0 radical (unpaired) electrons. The van der Waals surface area contributed by atoms with Crippen molar-refractivity contribution in [2.24, 2.45) is 0 Å². The van der Waals surface area contributed by atoms with Crippen LogP contribution in [0.2, 0.25) is 0 Å². The molecule has 3 rings (SSSR count). The van der Waals surface area contributed by atoms with Gasteiger partial charge in [0, 0.05) is 0 Å². The van der Waals surface area contributed by atoms with E-state index in [1.807, 2.05) is 0 Å². The predicted octanol–water partition coefficient (Wildman–Crippen LogP) is 1.59. The fourth-order valence-electron chi connectivity index (χ4n) is 2.67. The van der Waals surface area contributed by atoms with E-state index in [1.165, 1.54) is 32.4 Å². The first-order valence-electron chi connectivity index (χ1n) is 8.65. The van der Waals surface area contributed by atoms with Gasteiger partial charge in [0.2, 0.25) is 5.75 Å². The monoisotopic (exact) mass is 401 g/mol. The van der Waals surface area contributed by atoms with E-state index in [0.29, 0.717) is 36.2 Å². The zero-order chi connectivity index (χ0) is 20.8. The van der Waals surface area contributed by atoms with E-state index in [1.54, 1.807) is 18.2 Å². The third-order valence-electron chi connectivity index (χ3n) is 4.00. The van der Waals surface area contributed by atoms with E-state index in [2.05, 4.69) is 5.32 Å². The number of rotatable bonds is 6. The highest BCUT2D eigenvalue weighted by Crippen LogP contribution is 2.40. The molecule has 0 aromatic heterocycles. The zero-order valence-corrected chi connectivity index (χ0v) is 15.9. The molecule has 29 heavy (non-hydrogen) atoms. The molecule has 2 aromatic rings. The minimum absolute atomic E-state index is 0.120. The summed E-state index contributed by atoms with van der Waals surface area (Å²) >= 11 is 0. The molecular weight excluding hydrogens is 382 g/mol. The van der Waals surface area contributed by atoms with Crippen molar-refractivity contribution >= 4 is 17.8 Å². The number of ether oxygens (including phenoxy) is 5. The summed E-state index contributed by atoms with van der Waals surface area (Å²) in [5.74, 6) is -0.847. The standard InChI is InChI=1S/C20H19NO8/c1-25-14-6-4-3-5-13(14)19(23)21-17(22)11-29-20(24)12-9-15(26-2)18-16(10-12)27-7-8-28-18/h3-6,9-10H,7-8,11H2,1-2H3,(H,21,22,23). The Morgan fingerprint density at radius 1 is 1.00 bits per heavy atom. The average molecular weight is 401 g/mol. The minimum Gasteiger partial charge on any atom is -0.496 e. The van der Waals surface area contributed by atoms with Gasteiger partial charge in [0.05, 0.1) is 25.3 Å². The lowest BCUT2D eigenvalue weighted by atomic mass is 10.1. The topological polar surface area (TPSA) is 109 Å². The number of carbonyl (C=O) groups excluding carboxylic acids is 3. The number of amides is 2. The zero-order valence-electron chi connectivity index (χ0n) is 15.9. The largest absolute Gasteiger partial charge is 0.496 e. The van der Waals surface area contributed by atoms with Crippen LogP contribution < -0.4 is 24.3 Å². The van der Waals surface area contributed by atoms with Crippen molar-refractivity contribution in [2.75, 3.05) is 34.0 Å². The summed E-state index contributed by atoms with van der Waals surface area (Å²) in [5.41, 5.74) is 0.307. The molecule has 1 N–H and O–H groups in total. The second-order valence-electron chi connectivity index (χ2n) is 5.86. The second kappa shape index (κ2) is 8.96. The Morgan fingerprint density at radius 2 is 1.72 bits per heavy atom. The molecule has 0 saturated heterocycles. The van der Waals surface area contributed by atoms with E-state index in [4.69, 9.17) is 23.7 Å². The molecule has 1 heterocycles. The maximum absolute atomic E-state index is 12.3. The van der Waals surface area contributed by atoms with Gasteiger partial charge in [-0.05, 0) is 24.3 Å². The minimum atomic E-state index is -0.779. The number of fused-ring (bicyclic) bond motifs is 1. The average Bonchev–Trinajstić information content (AvgIpc) is 2.76. The summed E-state index contributed by atoms with van der Waals surface area (Å²) < 4.78 is 26.2. The summed E-state index contributed by atoms with van der Waals surface area (Å²) in [5, 5.41) is 2.15. The molecule has 0 saturated carbocycles. The summed E-state index contributed by atoms with van der Waals surface area (Å²) in [6, 6.07) is 9.30. The Balaban J connectivity index is 1.62. The maximum Gasteiger partial charge on any atom is 0.338 e. The summed E-state index contributed by atoms with van der Waals surface area (Å²) in [6.07, 6.45) is 0. The first-order valence-corrected chi connectivity index (χ1v) is 8.65. The van der Waals surface area contributed by atoms with Gasteiger partial charge in [-0.2, -0.15) is 0 Å². The third kappa shape index (κ3) is 4.57. The number of imide groups is 1. The van der Waals surface area contributed by atoms with Crippen LogP contribution in [-0.4, -0.2) is 51.8 Å². The molecule has 1 aliphatic rings. The van der Waals surface area contributed by atoms with E-state index in [-0.39, 0.29) is 11.1 Å². The van der Waals surface area contributed by atoms with E-state index >= 15 is 0 Å². The molecule has 0 unspecified atom stereocenters. The number of hydrogen-bond acceptors (Lipinski definition) is 8. The molecule has 0 bridgehead atoms. The molecule has 9 nitrogen and oxygen atoms in total. The maximum atomic E-state index is 12.3. The van der Waals surface area contributed by atoms with Crippen molar-refractivity contribution in [2.45, 2.75) is 0 Å².